The minimum Gasteiger partial charge on any atom is -0.357 e. The maximum absolute atomic E-state index is 13.0. The molecule has 2 amide bonds. The summed E-state index contributed by atoms with van der Waals surface area (Å²) in [4.78, 5) is 27.0. The Bertz CT molecular complexity index is 781. The molecular formula is C21H24Cl2N2O2. The van der Waals surface area contributed by atoms with E-state index in [9.17, 15) is 9.59 Å². The van der Waals surface area contributed by atoms with Gasteiger partial charge >= 0.3 is 0 Å². The van der Waals surface area contributed by atoms with Crippen molar-refractivity contribution >= 4 is 35.0 Å². The number of amides is 2. The van der Waals surface area contributed by atoms with E-state index in [1.807, 2.05) is 37.3 Å². The second-order valence-corrected chi connectivity index (χ2v) is 7.10. The molecule has 1 atom stereocenters. The fourth-order valence-corrected chi connectivity index (χ4v) is 3.31. The molecule has 0 bridgehead atoms. The van der Waals surface area contributed by atoms with E-state index in [1.54, 1.807) is 30.1 Å². The van der Waals surface area contributed by atoms with Crippen LogP contribution < -0.4 is 5.32 Å². The Hall–Kier alpha value is -2.04. The van der Waals surface area contributed by atoms with Crippen molar-refractivity contribution in [2.24, 2.45) is 0 Å². The van der Waals surface area contributed by atoms with Gasteiger partial charge in [0.15, 0.2) is 0 Å². The topological polar surface area (TPSA) is 49.4 Å². The van der Waals surface area contributed by atoms with Crippen LogP contribution in [0.3, 0.4) is 0 Å². The zero-order chi connectivity index (χ0) is 19.8. The minimum absolute atomic E-state index is 0.111. The quantitative estimate of drug-likeness (QED) is 0.716. The summed E-state index contributed by atoms with van der Waals surface area (Å²) >= 11 is 12.0. The van der Waals surface area contributed by atoms with E-state index in [2.05, 4.69) is 5.32 Å². The Morgan fingerprint density at radius 1 is 1.04 bits per heavy atom. The summed E-state index contributed by atoms with van der Waals surface area (Å²) in [6.07, 6.45) is 1.39. The van der Waals surface area contributed by atoms with Crippen LogP contribution in [0.1, 0.15) is 24.5 Å². The number of hydrogen-bond donors (Lipinski definition) is 1. The maximum atomic E-state index is 13.0. The van der Waals surface area contributed by atoms with Crippen LogP contribution in [0, 0.1) is 0 Å². The lowest BCUT2D eigenvalue weighted by molar-refractivity contribution is -0.140. The van der Waals surface area contributed by atoms with Gasteiger partial charge in [0.2, 0.25) is 11.8 Å². The first-order chi connectivity index (χ1) is 13.0. The van der Waals surface area contributed by atoms with Gasteiger partial charge in [-0.15, -0.1) is 0 Å². The third-order valence-corrected chi connectivity index (χ3v) is 5.19. The van der Waals surface area contributed by atoms with Gasteiger partial charge in [-0.2, -0.15) is 0 Å². The average molecular weight is 407 g/mol. The highest BCUT2D eigenvalue weighted by atomic mass is 35.5. The summed E-state index contributed by atoms with van der Waals surface area (Å²) in [5.41, 5.74) is 1.89. The van der Waals surface area contributed by atoms with Crippen LogP contribution in [-0.2, 0) is 22.4 Å². The molecule has 0 fully saturated rings. The monoisotopic (exact) mass is 406 g/mol. The molecule has 0 saturated heterocycles. The number of carbonyl (C=O) groups excluding carboxylic acids is 2. The summed E-state index contributed by atoms with van der Waals surface area (Å²) in [5, 5.41) is 3.52. The number of benzene rings is 2. The normalized spacial score (nSPS) is 11.7. The summed E-state index contributed by atoms with van der Waals surface area (Å²) in [5.74, 6) is -0.271. The van der Waals surface area contributed by atoms with Crippen LogP contribution in [0.2, 0.25) is 10.0 Å². The number of nitrogens with zero attached hydrogens (tertiary/aromatic N) is 1. The second-order valence-electron chi connectivity index (χ2n) is 6.29. The number of carbonyl (C=O) groups is 2. The second kappa shape index (κ2) is 10.3. The van der Waals surface area contributed by atoms with Crippen LogP contribution in [-0.4, -0.2) is 36.3 Å². The predicted octanol–water partition coefficient (Wildman–Crippen LogP) is 4.13. The van der Waals surface area contributed by atoms with Gasteiger partial charge in [-0.1, -0.05) is 66.5 Å². The van der Waals surface area contributed by atoms with Gasteiger partial charge in [-0.05, 0) is 36.1 Å². The van der Waals surface area contributed by atoms with E-state index in [0.29, 0.717) is 29.4 Å². The number of likely N-dealkylation sites (N-methyl/N-ethyl adjacent to an activating group) is 1. The maximum Gasteiger partial charge on any atom is 0.242 e. The Labute approximate surface area is 170 Å². The predicted molar refractivity (Wildman–Crippen MR) is 110 cm³/mol. The van der Waals surface area contributed by atoms with Crippen molar-refractivity contribution in [3.8, 4) is 0 Å². The smallest absolute Gasteiger partial charge is 0.242 e. The van der Waals surface area contributed by atoms with Gasteiger partial charge < -0.3 is 10.2 Å². The van der Waals surface area contributed by atoms with Crippen molar-refractivity contribution in [3.05, 3.63) is 69.7 Å². The third-order valence-electron chi connectivity index (χ3n) is 4.46. The number of rotatable bonds is 8. The highest BCUT2D eigenvalue weighted by molar-refractivity contribution is 6.42. The fourth-order valence-electron chi connectivity index (χ4n) is 2.99. The van der Waals surface area contributed by atoms with Crippen molar-refractivity contribution in [1.82, 2.24) is 10.2 Å². The first kappa shape index (κ1) is 21.3. The van der Waals surface area contributed by atoms with Gasteiger partial charge in [0, 0.05) is 13.6 Å². The molecule has 2 aromatic carbocycles. The van der Waals surface area contributed by atoms with Crippen molar-refractivity contribution < 1.29 is 9.59 Å². The van der Waals surface area contributed by atoms with E-state index in [-0.39, 0.29) is 18.2 Å². The van der Waals surface area contributed by atoms with Gasteiger partial charge in [0.25, 0.3) is 0 Å². The molecule has 0 saturated carbocycles. The highest BCUT2D eigenvalue weighted by Gasteiger charge is 2.27. The minimum atomic E-state index is -0.506. The van der Waals surface area contributed by atoms with Crippen molar-refractivity contribution in [1.29, 1.82) is 0 Å². The van der Waals surface area contributed by atoms with E-state index in [0.717, 1.165) is 11.1 Å². The zero-order valence-corrected chi connectivity index (χ0v) is 17.1. The molecular weight excluding hydrogens is 383 g/mol. The molecule has 0 aliphatic rings. The zero-order valence-electron chi connectivity index (χ0n) is 15.5. The van der Waals surface area contributed by atoms with E-state index < -0.39 is 6.04 Å². The average Bonchev–Trinajstić information content (AvgIpc) is 2.68. The molecule has 0 radical (unpaired) electrons. The molecule has 2 aromatic rings. The van der Waals surface area contributed by atoms with Crippen LogP contribution in [0.5, 0.6) is 0 Å². The number of hydrogen-bond acceptors (Lipinski definition) is 2. The van der Waals surface area contributed by atoms with Crippen molar-refractivity contribution in [2.45, 2.75) is 32.2 Å². The molecule has 1 unspecified atom stereocenters. The van der Waals surface area contributed by atoms with Crippen molar-refractivity contribution in [3.63, 3.8) is 0 Å². The summed E-state index contributed by atoms with van der Waals surface area (Å²) in [6.45, 7) is 2.37. The lowest BCUT2D eigenvalue weighted by Gasteiger charge is -2.30. The molecule has 2 rings (SSSR count). The molecule has 6 heteroatoms. The van der Waals surface area contributed by atoms with Gasteiger partial charge in [-0.25, -0.2) is 0 Å². The Morgan fingerprint density at radius 3 is 2.33 bits per heavy atom. The first-order valence-electron chi connectivity index (χ1n) is 8.95. The molecule has 0 aliphatic heterocycles. The molecule has 0 aromatic heterocycles. The molecule has 0 heterocycles. The van der Waals surface area contributed by atoms with Crippen LogP contribution in [0.4, 0.5) is 0 Å². The molecule has 27 heavy (non-hydrogen) atoms. The van der Waals surface area contributed by atoms with Crippen LogP contribution >= 0.6 is 23.2 Å². The lowest BCUT2D eigenvalue weighted by atomic mass is 10.1. The van der Waals surface area contributed by atoms with E-state index in [4.69, 9.17) is 23.2 Å². The van der Waals surface area contributed by atoms with Crippen LogP contribution in [0.25, 0.3) is 0 Å². The summed E-state index contributed by atoms with van der Waals surface area (Å²) in [7, 11) is 1.59. The van der Waals surface area contributed by atoms with Gasteiger partial charge in [-0.3, -0.25) is 9.59 Å². The first-order valence-corrected chi connectivity index (χ1v) is 9.70. The number of nitrogens with one attached hydrogen (secondary N) is 1. The highest BCUT2D eigenvalue weighted by Crippen LogP contribution is 2.23. The third kappa shape index (κ3) is 5.98. The Kier molecular flexibility index (Phi) is 8.14. The van der Waals surface area contributed by atoms with Crippen LogP contribution in [0.15, 0.2) is 48.5 Å². The molecule has 0 spiro atoms. The molecule has 144 valence electrons. The summed E-state index contributed by atoms with van der Waals surface area (Å²) < 4.78 is 0. The molecule has 4 nitrogen and oxygen atoms in total. The van der Waals surface area contributed by atoms with Gasteiger partial charge in [0.1, 0.15) is 6.04 Å². The Morgan fingerprint density at radius 2 is 1.74 bits per heavy atom. The summed E-state index contributed by atoms with van der Waals surface area (Å²) in [6, 6.07) is 14.6. The molecule has 1 N–H and O–H groups in total. The van der Waals surface area contributed by atoms with E-state index >= 15 is 0 Å². The fraction of sp³-hybridized carbons (Fsp3) is 0.333. The lowest BCUT2D eigenvalue weighted by Crippen LogP contribution is -2.49. The Balaban J connectivity index is 2.19. The number of halogens is 2. The van der Waals surface area contributed by atoms with Crippen molar-refractivity contribution in [2.75, 3.05) is 13.6 Å². The SMILES string of the molecule is CCC(C(=O)NC)N(CCc1ccccc1)C(=O)Cc1ccc(Cl)c(Cl)c1. The largest absolute Gasteiger partial charge is 0.357 e. The molecule has 0 aliphatic carbocycles. The standard InChI is InChI=1S/C21H24Cl2N2O2/c1-3-19(21(27)24-2)25(12-11-15-7-5-4-6-8-15)20(26)14-16-9-10-17(22)18(23)13-16/h4-10,13,19H,3,11-12,14H2,1-2H3,(H,24,27). The van der Waals surface area contributed by atoms with E-state index in [1.165, 1.54) is 0 Å². The van der Waals surface area contributed by atoms with Gasteiger partial charge in [0.05, 0.1) is 16.5 Å².